The van der Waals surface area contributed by atoms with E-state index in [0.717, 1.165) is 90.1 Å². The van der Waals surface area contributed by atoms with Gasteiger partial charge in [0.1, 0.15) is 17.7 Å². The van der Waals surface area contributed by atoms with Crippen LogP contribution in [0, 0.1) is 40.4 Å². The number of hydrogen-bond acceptors (Lipinski definition) is 6. The number of aromatic nitrogens is 4. The van der Waals surface area contributed by atoms with Gasteiger partial charge in [-0.3, -0.25) is 9.59 Å². The Morgan fingerprint density at radius 1 is 0.789 bits per heavy atom. The standard InChI is InChI=1S/C46H55N7O4/c1-26(2)28(5)42(54)52-24-45(17-18-45)23-36(52)41-49-38(39(50-41)32-14-15-32)31-12-9-29(10-13-31)7-8-30-11-16-33-34(21-30)48-40(47-33)35-22-46(19-20-46)25-53(35)43(55)37(27(3)4)51-44(56)57-6/h9-13,16,21,26-28,32,35-37H,14-15,17-20,22-25H2,1-6H3,(H,47,48)(H,49,50)(H,51,56)/t28-,35-,36-,37-/m0/s1. The molecule has 3 amide bonds. The van der Waals surface area contributed by atoms with Crippen LogP contribution in [0.3, 0.4) is 0 Å². The first-order valence-corrected chi connectivity index (χ1v) is 21.0. The number of H-pyrrole nitrogens is 2. The summed E-state index contributed by atoms with van der Waals surface area (Å²) in [4.78, 5) is 61.3. The van der Waals surface area contributed by atoms with Gasteiger partial charge in [0, 0.05) is 47.3 Å². The van der Waals surface area contributed by atoms with Gasteiger partial charge < -0.3 is 29.8 Å². The highest BCUT2D eigenvalue weighted by Crippen LogP contribution is 2.60. The van der Waals surface area contributed by atoms with Crippen LogP contribution in [0.25, 0.3) is 22.3 Å². The number of nitrogens with zero attached hydrogens (tertiary/aromatic N) is 4. The number of amides is 3. The molecule has 2 aromatic carbocycles. The average Bonchev–Trinajstić information content (AvgIpc) is 4.15. The molecular weight excluding hydrogens is 715 g/mol. The van der Waals surface area contributed by atoms with Gasteiger partial charge in [0.15, 0.2) is 0 Å². The SMILES string of the molecule is COC(=O)N[C@H](C(=O)N1CC2(CC2)C[C@H]1c1nc2cc(C#Cc3ccc(-c4nc([C@@H]5CC6(CC6)CN5C(=O)[C@@H](C)C(C)C)[nH]c4C4CC4)cc3)ccc2[nH]1)C(C)C. The summed E-state index contributed by atoms with van der Waals surface area (Å²) in [6.45, 7) is 11.7. The van der Waals surface area contributed by atoms with E-state index in [1.807, 2.05) is 36.9 Å². The van der Waals surface area contributed by atoms with E-state index in [9.17, 15) is 14.4 Å². The number of hydrogen-bond donors (Lipinski definition) is 3. The molecule has 2 saturated heterocycles. The molecule has 57 heavy (non-hydrogen) atoms. The Kier molecular flexibility index (Phi) is 9.25. The highest BCUT2D eigenvalue weighted by molar-refractivity contribution is 5.87. The Labute approximate surface area is 335 Å². The van der Waals surface area contributed by atoms with E-state index in [0.29, 0.717) is 18.4 Å². The maximum absolute atomic E-state index is 13.9. The maximum Gasteiger partial charge on any atom is 0.407 e. The average molecular weight is 770 g/mol. The third-order valence-electron chi connectivity index (χ3n) is 13.7. The number of rotatable bonds is 9. The molecule has 2 aromatic heterocycles. The lowest BCUT2D eigenvalue weighted by atomic mass is 9.96. The highest BCUT2D eigenvalue weighted by Gasteiger charge is 2.56. The monoisotopic (exact) mass is 769 g/mol. The molecule has 9 rings (SSSR count). The summed E-state index contributed by atoms with van der Waals surface area (Å²) in [5.41, 5.74) is 7.13. The van der Waals surface area contributed by atoms with Crippen molar-refractivity contribution < 1.29 is 19.1 Å². The van der Waals surface area contributed by atoms with Crippen LogP contribution in [-0.2, 0) is 14.3 Å². The van der Waals surface area contributed by atoms with Crippen LogP contribution in [-0.4, -0.2) is 73.9 Å². The Bertz CT molecular complexity index is 2280. The fraction of sp³-hybridized carbons (Fsp3) is 0.543. The summed E-state index contributed by atoms with van der Waals surface area (Å²) in [6.07, 6.45) is 8.14. The molecule has 11 nitrogen and oxygen atoms in total. The van der Waals surface area contributed by atoms with Crippen molar-refractivity contribution in [1.82, 2.24) is 35.1 Å². The number of alkyl carbamates (subject to hydrolysis) is 1. The lowest BCUT2D eigenvalue weighted by molar-refractivity contribution is -0.137. The second-order valence-electron chi connectivity index (χ2n) is 18.6. The van der Waals surface area contributed by atoms with Gasteiger partial charge in [0.05, 0.1) is 35.9 Å². The fourth-order valence-electron chi connectivity index (χ4n) is 9.14. The van der Waals surface area contributed by atoms with Crippen molar-refractivity contribution in [3.05, 3.63) is 70.9 Å². The normalized spacial score (nSPS) is 22.6. The number of methoxy groups -OCH3 is 1. The lowest BCUT2D eigenvalue weighted by Gasteiger charge is -2.30. The zero-order chi connectivity index (χ0) is 39.8. The summed E-state index contributed by atoms with van der Waals surface area (Å²) in [5, 5.41) is 2.76. The molecule has 5 aliphatic rings. The second kappa shape index (κ2) is 14.1. The molecule has 4 aromatic rings. The van der Waals surface area contributed by atoms with Gasteiger partial charge in [-0.25, -0.2) is 14.8 Å². The Morgan fingerprint density at radius 3 is 1.96 bits per heavy atom. The van der Waals surface area contributed by atoms with Gasteiger partial charge >= 0.3 is 6.09 Å². The predicted octanol–water partition coefficient (Wildman–Crippen LogP) is 8.01. The number of benzene rings is 2. The molecule has 3 N–H and O–H groups in total. The lowest BCUT2D eigenvalue weighted by Crippen LogP contribution is -2.51. The zero-order valence-electron chi connectivity index (χ0n) is 34.1. The van der Waals surface area contributed by atoms with E-state index in [2.05, 4.69) is 77.1 Å². The second-order valence-corrected chi connectivity index (χ2v) is 18.6. The molecule has 3 saturated carbocycles. The van der Waals surface area contributed by atoms with Gasteiger partial charge in [-0.05, 0) is 104 Å². The van der Waals surface area contributed by atoms with E-state index in [1.54, 1.807) is 0 Å². The Balaban J connectivity index is 0.927. The number of carbonyl (C=O) groups is 3. The van der Waals surface area contributed by atoms with Gasteiger partial charge in [0.25, 0.3) is 0 Å². The molecule has 4 atom stereocenters. The zero-order valence-corrected chi connectivity index (χ0v) is 34.1. The van der Waals surface area contributed by atoms with Crippen LogP contribution in [0.15, 0.2) is 42.5 Å². The van der Waals surface area contributed by atoms with Gasteiger partial charge in [-0.15, -0.1) is 0 Å². The minimum atomic E-state index is -0.681. The summed E-state index contributed by atoms with van der Waals surface area (Å²) in [6, 6.07) is 13.5. The topological polar surface area (TPSA) is 136 Å². The van der Waals surface area contributed by atoms with Crippen molar-refractivity contribution in [3.8, 4) is 23.1 Å². The van der Waals surface area contributed by atoms with Crippen LogP contribution in [0.4, 0.5) is 4.79 Å². The number of imidazole rings is 2. The Morgan fingerprint density at radius 2 is 1.39 bits per heavy atom. The van der Waals surface area contributed by atoms with E-state index in [4.69, 9.17) is 14.7 Å². The molecule has 2 spiro atoms. The number of ether oxygens (including phenoxy) is 1. The molecule has 3 aliphatic carbocycles. The van der Waals surface area contributed by atoms with Crippen molar-refractivity contribution in [1.29, 1.82) is 0 Å². The first kappa shape index (κ1) is 37.5. The summed E-state index contributed by atoms with van der Waals surface area (Å²) in [5.74, 6) is 9.22. The van der Waals surface area contributed by atoms with Crippen molar-refractivity contribution in [2.45, 2.75) is 110 Å². The minimum absolute atomic E-state index is 0.00233. The van der Waals surface area contributed by atoms with Crippen molar-refractivity contribution in [2.24, 2.45) is 28.6 Å². The molecule has 298 valence electrons. The number of likely N-dealkylation sites (tertiary alicyclic amines) is 2. The number of nitrogens with one attached hydrogen (secondary N) is 3. The molecule has 0 radical (unpaired) electrons. The molecule has 0 bridgehead atoms. The summed E-state index contributed by atoms with van der Waals surface area (Å²) < 4.78 is 4.82. The van der Waals surface area contributed by atoms with Crippen LogP contribution in [0.2, 0.25) is 0 Å². The van der Waals surface area contributed by atoms with Crippen molar-refractivity contribution >= 4 is 28.9 Å². The van der Waals surface area contributed by atoms with Crippen LogP contribution >= 0.6 is 0 Å². The fourth-order valence-corrected chi connectivity index (χ4v) is 9.14. The maximum atomic E-state index is 13.9. The smallest absolute Gasteiger partial charge is 0.407 e. The summed E-state index contributed by atoms with van der Waals surface area (Å²) in [7, 11) is 1.31. The molecule has 2 aliphatic heterocycles. The van der Waals surface area contributed by atoms with E-state index in [-0.39, 0.29) is 46.6 Å². The molecule has 0 unspecified atom stereocenters. The van der Waals surface area contributed by atoms with Gasteiger partial charge in [0.2, 0.25) is 11.8 Å². The predicted molar refractivity (Wildman–Crippen MR) is 218 cm³/mol. The Hall–Kier alpha value is -5.11. The van der Waals surface area contributed by atoms with E-state index >= 15 is 0 Å². The van der Waals surface area contributed by atoms with Crippen LogP contribution < -0.4 is 5.32 Å². The number of fused-ring (bicyclic) bond motifs is 1. The molecular formula is C46H55N7O4. The first-order chi connectivity index (χ1) is 27.3. The number of carbonyl (C=O) groups excluding carboxylic acids is 3. The van der Waals surface area contributed by atoms with E-state index < -0.39 is 12.1 Å². The quantitative estimate of drug-likeness (QED) is 0.148. The van der Waals surface area contributed by atoms with E-state index in [1.165, 1.54) is 25.6 Å². The summed E-state index contributed by atoms with van der Waals surface area (Å²) >= 11 is 0. The van der Waals surface area contributed by atoms with Crippen LogP contribution in [0.1, 0.15) is 132 Å². The van der Waals surface area contributed by atoms with Crippen molar-refractivity contribution in [2.75, 3.05) is 20.2 Å². The minimum Gasteiger partial charge on any atom is -0.453 e. The molecule has 5 fully saturated rings. The van der Waals surface area contributed by atoms with Gasteiger partial charge in [-0.2, -0.15) is 0 Å². The third-order valence-corrected chi connectivity index (χ3v) is 13.7. The third kappa shape index (κ3) is 7.21. The highest BCUT2D eigenvalue weighted by atomic mass is 16.5. The number of aromatic amines is 2. The first-order valence-electron chi connectivity index (χ1n) is 21.0. The van der Waals surface area contributed by atoms with Crippen molar-refractivity contribution in [3.63, 3.8) is 0 Å². The van der Waals surface area contributed by atoms with Crippen LogP contribution in [0.5, 0.6) is 0 Å². The molecule has 4 heterocycles. The largest absolute Gasteiger partial charge is 0.453 e. The van der Waals surface area contributed by atoms with Gasteiger partial charge in [-0.1, -0.05) is 58.6 Å². The molecule has 11 heteroatoms.